The first-order chi connectivity index (χ1) is 7.29. The molecule has 1 heterocycles. The first-order valence-electron chi connectivity index (χ1n) is 5.36. The third-order valence-electron chi connectivity index (χ3n) is 2.42. The van der Waals surface area contributed by atoms with Gasteiger partial charge in [0, 0.05) is 18.8 Å². The third-order valence-corrected chi connectivity index (χ3v) is 2.42. The maximum atomic E-state index is 11.6. The van der Waals surface area contributed by atoms with Gasteiger partial charge in [0.05, 0.1) is 0 Å². The molecule has 0 aliphatic heterocycles. The Labute approximate surface area is 95.7 Å². The predicted octanol–water partition coefficient (Wildman–Crippen LogP) is -0.0357. The highest BCUT2D eigenvalue weighted by Crippen LogP contribution is 2.18. The lowest BCUT2D eigenvalue weighted by atomic mass is 9.81. The van der Waals surface area contributed by atoms with Gasteiger partial charge >= 0.3 is 7.12 Å². The van der Waals surface area contributed by atoms with Crippen LogP contribution in [0.25, 0.3) is 0 Å². The minimum Gasteiger partial charge on any atom is -0.423 e. The average molecular weight is 223 g/mol. The Kier molecular flexibility index (Phi) is 3.94. The van der Waals surface area contributed by atoms with E-state index in [9.17, 15) is 4.79 Å². The van der Waals surface area contributed by atoms with E-state index in [0.717, 1.165) is 6.42 Å². The Balaban J connectivity index is 2.80. The van der Waals surface area contributed by atoms with Crippen molar-refractivity contribution in [2.45, 2.75) is 33.7 Å². The Morgan fingerprint density at radius 3 is 2.44 bits per heavy atom. The minimum absolute atomic E-state index is 0.175. The highest BCUT2D eigenvalue weighted by Gasteiger charge is 2.13. The Bertz CT molecular complexity index is 406. The van der Waals surface area contributed by atoms with Crippen molar-refractivity contribution in [2.24, 2.45) is 5.41 Å². The first-order valence-corrected chi connectivity index (χ1v) is 5.36. The summed E-state index contributed by atoms with van der Waals surface area (Å²) in [5, 5.41) is 17.8. The molecule has 88 valence electrons. The van der Waals surface area contributed by atoms with Crippen LogP contribution < -0.4 is 11.0 Å². The van der Waals surface area contributed by atoms with E-state index in [4.69, 9.17) is 10.0 Å². The molecule has 4 nitrogen and oxygen atoms in total. The summed E-state index contributed by atoms with van der Waals surface area (Å²) in [6, 6.07) is 2.81. The van der Waals surface area contributed by atoms with E-state index < -0.39 is 7.12 Å². The normalized spacial score (nSPS) is 11.6. The lowest BCUT2D eigenvalue weighted by Gasteiger charge is -2.18. The van der Waals surface area contributed by atoms with E-state index in [2.05, 4.69) is 20.8 Å². The van der Waals surface area contributed by atoms with Crippen molar-refractivity contribution < 1.29 is 10.0 Å². The van der Waals surface area contributed by atoms with Crippen molar-refractivity contribution in [3.63, 3.8) is 0 Å². The van der Waals surface area contributed by atoms with Crippen molar-refractivity contribution >= 4 is 12.6 Å². The number of hydrogen-bond acceptors (Lipinski definition) is 3. The summed E-state index contributed by atoms with van der Waals surface area (Å²) >= 11 is 0. The van der Waals surface area contributed by atoms with Crippen LogP contribution in [-0.4, -0.2) is 21.7 Å². The highest BCUT2D eigenvalue weighted by atomic mass is 16.4. The summed E-state index contributed by atoms with van der Waals surface area (Å²) in [6.07, 6.45) is 2.50. The maximum absolute atomic E-state index is 11.6. The quantitative estimate of drug-likeness (QED) is 0.707. The lowest BCUT2D eigenvalue weighted by Crippen LogP contribution is -2.35. The molecular formula is C11H18BNO3. The smallest absolute Gasteiger partial charge is 0.423 e. The summed E-state index contributed by atoms with van der Waals surface area (Å²) < 4.78 is 1.58. The van der Waals surface area contributed by atoms with Crippen LogP contribution in [0, 0.1) is 5.41 Å². The molecule has 0 amide bonds. The zero-order valence-electron chi connectivity index (χ0n) is 9.97. The van der Waals surface area contributed by atoms with Gasteiger partial charge in [0.1, 0.15) is 0 Å². The maximum Gasteiger partial charge on any atom is 0.488 e. The van der Waals surface area contributed by atoms with Gasteiger partial charge in [-0.25, -0.2) is 0 Å². The number of aryl methyl sites for hydroxylation is 1. The van der Waals surface area contributed by atoms with Gasteiger partial charge in [-0.15, -0.1) is 0 Å². The molecule has 1 aromatic rings. The van der Waals surface area contributed by atoms with Gasteiger partial charge in [-0.3, -0.25) is 4.79 Å². The van der Waals surface area contributed by atoms with E-state index >= 15 is 0 Å². The van der Waals surface area contributed by atoms with Crippen molar-refractivity contribution in [2.75, 3.05) is 0 Å². The van der Waals surface area contributed by atoms with Gasteiger partial charge in [-0.05, 0) is 23.4 Å². The summed E-state index contributed by atoms with van der Waals surface area (Å²) in [5.41, 5.74) is 0.209. The van der Waals surface area contributed by atoms with E-state index in [-0.39, 0.29) is 16.4 Å². The van der Waals surface area contributed by atoms with Crippen LogP contribution in [0.2, 0.25) is 0 Å². The fourth-order valence-electron chi connectivity index (χ4n) is 1.32. The summed E-state index contributed by atoms with van der Waals surface area (Å²) in [5.74, 6) is 0. The molecule has 2 N–H and O–H groups in total. The van der Waals surface area contributed by atoms with Crippen LogP contribution in [0.5, 0.6) is 0 Å². The lowest BCUT2D eigenvalue weighted by molar-refractivity contribution is 0.348. The molecule has 0 fully saturated rings. The molecule has 5 heteroatoms. The van der Waals surface area contributed by atoms with Crippen molar-refractivity contribution in [3.05, 3.63) is 28.7 Å². The van der Waals surface area contributed by atoms with E-state index in [1.165, 1.54) is 6.07 Å². The van der Waals surface area contributed by atoms with Crippen LogP contribution in [0.4, 0.5) is 0 Å². The molecule has 0 saturated heterocycles. The van der Waals surface area contributed by atoms with Crippen LogP contribution in [-0.2, 0) is 6.54 Å². The molecule has 0 atom stereocenters. The van der Waals surface area contributed by atoms with Gasteiger partial charge < -0.3 is 14.6 Å². The van der Waals surface area contributed by atoms with Crippen LogP contribution in [0.1, 0.15) is 27.2 Å². The topological polar surface area (TPSA) is 62.5 Å². The molecule has 0 saturated carbocycles. The fourth-order valence-corrected chi connectivity index (χ4v) is 1.32. The predicted molar refractivity (Wildman–Crippen MR) is 64.6 cm³/mol. The molecule has 0 bridgehead atoms. The minimum atomic E-state index is -1.58. The monoisotopic (exact) mass is 223 g/mol. The third kappa shape index (κ3) is 3.83. The molecular weight excluding hydrogens is 205 g/mol. The van der Waals surface area contributed by atoms with Crippen molar-refractivity contribution in [1.82, 2.24) is 4.57 Å². The molecule has 1 aromatic heterocycles. The van der Waals surface area contributed by atoms with Crippen LogP contribution in [0.3, 0.4) is 0 Å². The summed E-state index contributed by atoms with van der Waals surface area (Å²) in [4.78, 5) is 11.6. The second kappa shape index (κ2) is 4.85. The van der Waals surface area contributed by atoms with Crippen LogP contribution >= 0.6 is 0 Å². The molecule has 0 aliphatic rings. The van der Waals surface area contributed by atoms with Gasteiger partial charge in [0.15, 0.2) is 0 Å². The largest absolute Gasteiger partial charge is 0.488 e. The number of aromatic nitrogens is 1. The molecule has 0 spiro atoms. The van der Waals surface area contributed by atoms with Crippen LogP contribution in [0.15, 0.2) is 23.1 Å². The Hall–Kier alpha value is -1.07. The molecule has 0 unspecified atom stereocenters. The molecule has 0 aromatic carbocycles. The highest BCUT2D eigenvalue weighted by molar-refractivity contribution is 6.58. The number of hydrogen-bond donors (Lipinski definition) is 2. The standard InChI is InChI=1S/C11H18BNO3/c1-11(2,3)5-7-13-6-4-9(12(15)16)8-10(13)14/h4,6,8,15-16H,5,7H2,1-3H3. The Morgan fingerprint density at radius 1 is 1.38 bits per heavy atom. The summed E-state index contributed by atoms with van der Waals surface area (Å²) in [7, 11) is -1.58. The van der Waals surface area contributed by atoms with Gasteiger partial charge in [0.25, 0.3) is 0 Å². The van der Waals surface area contributed by atoms with Gasteiger partial charge in [-0.1, -0.05) is 20.8 Å². The SMILES string of the molecule is CC(C)(C)CCn1ccc(B(O)O)cc1=O. The number of nitrogens with zero attached hydrogens (tertiary/aromatic N) is 1. The first kappa shape index (κ1) is 13.0. The zero-order valence-corrected chi connectivity index (χ0v) is 9.97. The summed E-state index contributed by atoms with van der Waals surface area (Å²) in [6.45, 7) is 6.99. The van der Waals surface area contributed by atoms with Gasteiger partial charge in [-0.2, -0.15) is 0 Å². The Morgan fingerprint density at radius 2 is 2.00 bits per heavy atom. The molecule has 0 radical (unpaired) electrons. The van der Waals surface area contributed by atoms with E-state index in [1.54, 1.807) is 16.8 Å². The molecule has 1 rings (SSSR count). The fraction of sp³-hybridized carbons (Fsp3) is 0.545. The van der Waals surface area contributed by atoms with E-state index in [1.807, 2.05) is 0 Å². The zero-order chi connectivity index (χ0) is 12.3. The van der Waals surface area contributed by atoms with Crippen molar-refractivity contribution in [3.8, 4) is 0 Å². The second-order valence-electron chi connectivity index (χ2n) is 5.18. The average Bonchev–Trinajstić information content (AvgIpc) is 2.14. The second-order valence-corrected chi connectivity index (χ2v) is 5.18. The number of pyridine rings is 1. The number of rotatable bonds is 3. The molecule has 16 heavy (non-hydrogen) atoms. The molecule has 0 aliphatic carbocycles. The van der Waals surface area contributed by atoms with Crippen molar-refractivity contribution in [1.29, 1.82) is 0 Å². The van der Waals surface area contributed by atoms with E-state index in [0.29, 0.717) is 6.54 Å². The van der Waals surface area contributed by atoms with Gasteiger partial charge in [0.2, 0.25) is 5.56 Å².